The maximum absolute atomic E-state index is 10.5. The van der Waals surface area contributed by atoms with E-state index in [1.807, 2.05) is 25.1 Å². The number of aromatic hydroxyl groups is 1. The van der Waals surface area contributed by atoms with E-state index in [-0.39, 0.29) is 18.6 Å². The zero-order valence-corrected chi connectivity index (χ0v) is 9.47. The monoisotopic (exact) mass is 231 g/mol. The second-order valence-electron chi connectivity index (χ2n) is 3.98. The van der Waals surface area contributed by atoms with Crippen LogP contribution in [0.3, 0.4) is 0 Å². The standard InChI is InChI=1S/C13H13NO3/c1-8-3-2-4-9-10(8)7-14-11(13(9)17)5-6-12(15)16/h2-4,7,17H,5-6H2,1H3,(H,15,16). The molecule has 0 unspecified atom stereocenters. The first-order chi connectivity index (χ1) is 8.09. The van der Waals surface area contributed by atoms with Gasteiger partial charge in [0.15, 0.2) is 0 Å². The number of hydrogen-bond acceptors (Lipinski definition) is 3. The lowest BCUT2D eigenvalue weighted by atomic mass is 10.0. The number of aryl methyl sites for hydroxylation is 2. The van der Waals surface area contributed by atoms with E-state index in [0.717, 1.165) is 16.3 Å². The highest BCUT2D eigenvalue weighted by molar-refractivity contribution is 5.90. The van der Waals surface area contributed by atoms with Crippen molar-refractivity contribution in [3.8, 4) is 5.75 Å². The number of carboxylic acids is 1. The predicted molar refractivity (Wildman–Crippen MR) is 64.1 cm³/mol. The average Bonchev–Trinajstić information content (AvgIpc) is 2.29. The zero-order chi connectivity index (χ0) is 12.4. The van der Waals surface area contributed by atoms with Crippen molar-refractivity contribution < 1.29 is 15.0 Å². The van der Waals surface area contributed by atoms with E-state index in [9.17, 15) is 9.90 Å². The summed E-state index contributed by atoms with van der Waals surface area (Å²) in [4.78, 5) is 14.6. The van der Waals surface area contributed by atoms with E-state index in [1.54, 1.807) is 6.20 Å². The molecule has 0 fully saturated rings. The fourth-order valence-electron chi connectivity index (χ4n) is 1.83. The van der Waals surface area contributed by atoms with Crippen LogP contribution in [0.1, 0.15) is 17.7 Å². The Morgan fingerprint density at radius 3 is 2.82 bits per heavy atom. The Balaban J connectivity index is 2.47. The number of aliphatic carboxylic acids is 1. The first kappa shape index (κ1) is 11.4. The topological polar surface area (TPSA) is 70.4 Å². The van der Waals surface area contributed by atoms with Crippen LogP contribution in [-0.4, -0.2) is 21.2 Å². The number of pyridine rings is 1. The molecule has 0 saturated heterocycles. The van der Waals surface area contributed by atoms with Crippen molar-refractivity contribution in [3.05, 3.63) is 35.7 Å². The maximum Gasteiger partial charge on any atom is 0.303 e. The van der Waals surface area contributed by atoms with Crippen molar-refractivity contribution in [1.82, 2.24) is 4.98 Å². The van der Waals surface area contributed by atoms with Gasteiger partial charge in [0.25, 0.3) is 0 Å². The molecule has 1 aromatic heterocycles. The van der Waals surface area contributed by atoms with Crippen LogP contribution in [0.15, 0.2) is 24.4 Å². The number of nitrogens with zero attached hydrogens (tertiary/aromatic N) is 1. The van der Waals surface area contributed by atoms with E-state index < -0.39 is 5.97 Å². The summed E-state index contributed by atoms with van der Waals surface area (Å²) in [6.45, 7) is 1.94. The number of rotatable bonds is 3. The molecule has 0 bridgehead atoms. The molecule has 2 N–H and O–H groups in total. The molecule has 2 aromatic rings. The lowest BCUT2D eigenvalue weighted by Gasteiger charge is -2.07. The molecule has 0 atom stereocenters. The first-order valence-corrected chi connectivity index (χ1v) is 5.37. The molecule has 2 rings (SSSR count). The molecular formula is C13H13NO3. The van der Waals surface area contributed by atoms with E-state index in [2.05, 4.69) is 4.98 Å². The van der Waals surface area contributed by atoms with E-state index in [1.165, 1.54) is 0 Å². The number of aromatic nitrogens is 1. The molecule has 0 radical (unpaired) electrons. The van der Waals surface area contributed by atoms with E-state index in [0.29, 0.717) is 5.69 Å². The minimum Gasteiger partial charge on any atom is -0.505 e. The lowest BCUT2D eigenvalue weighted by molar-refractivity contribution is -0.136. The molecule has 4 heteroatoms. The molecule has 0 aliphatic carbocycles. The summed E-state index contributed by atoms with van der Waals surface area (Å²) in [6.07, 6.45) is 1.89. The number of fused-ring (bicyclic) bond motifs is 1. The quantitative estimate of drug-likeness (QED) is 0.850. The SMILES string of the molecule is Cc1cccc2c(O)c(CCC(=O)O)ncc12. The Kier molecular flexibility index (Phi) is 2.95. The maximum atomic E-state index is 10.5. The molecule has 1 aromatic carbocycles. The van der Waals surface area contributed by atoms with Crippen molar-refractivity contribution >= 4 is 16.7 Å². The summed E-state index contributed by atoms with van der Waals surface area (Å²) < 4.78 is 0. The average molecular weight is 231 g/mol. The van der Waals surface area contributed by atoms with Gasteiger partial charge in [0, 0.05) is 23.4 Å². The van der Waals surface area contributed by atoms with Crippen LogP contribution in [0, 0.1) is 6.92 Å². The van der Waals surface area contributed by atoms with Gasteiger partial charge in [-0.1, -0.05) is 18.2 Å². The van der Waals surface area contributed by atoms with Gasteiger partial charge in [-0.3, -0.25) is 9.78 Å². The van der Waals surface area contributed by atoms with Crippen LogP contribution in [0.2, 0.25) is 0 Å². The fraction of sp³-hybridized carbons (Fsp3) is 0.231. The smallest absolute Gasteiger partial charge is 0.303 e. The minimum absolute atomic E-state index is 0.0299. The molecule has 0 saturated carbocycles. The van der Waals surface area contributed by atoms with Crippen LogP contribution in [-0.2, 0) is 11.2 Å². The first-order valence-electron chi connectivity index (χ1n) is 5.37. The number of carboxylic acid groups (broad SMARTS) is 1. The molecule has 88 valence electrons. The van der Waals surface area contributed by atoms with Crippen molar-refractivity contribution in [2.75, 3.05) is 0 Å². The Labute approximate surface area is 98.5 Å². The molecule has 4 nitrogen and oxygen atoms in total. The molecule has 0 amide bonds. The van der Waals surface area contributed by atoms with Gasteiger partial charge in [-0.25, -0.2) is 0 Å². The van der Waals surface area contributed by atoms with Crippen molar-refractivity contribution in [2.45, 2.75) is 19.8 Å². The van der Waals surface area contributed by atoms with Gasteiger partial charge in [-0.05, 0) is 12.5 Å². The highest BCUT2D eigenvalue weighted by Gasteiger charge is 2.10. The van der Waals surface area contributed by atoms with Gasteiger partial charge in [-0.15, -0.1) is 0 Å². The summed E-state index contributed by atoms with van der Waals surface area (Å²) in [5.74, 6) is -0.803. The minimum atomic E-state index is -0.893. The van der Waals surface area contributed by atoms with Gasteiger partial charge >= 0.3 is 5.97 Å². The third kappa shape index (κ3) is 2.20. The fourth-order valence-corrected chi connectivity index (χ4v) is 1.83. The van der Waals surface area contributed by atoms with Gasteiger partial charge in [0.1, 0.15) is 5.75 Å². The third-order valence-electron chi connectivity index (χ3n) is 2.78. The van der Waals surface area contributed by atoms with E-state index >= 15 is 0 Å². The number of hydrogen-bond donors (Lipinski definition) is 2. The second kappa shape index (κ2) is 4.41. The molecule has 17 heavy (non-hydrogen) atoms. The molecule has 0 spiro atoms. The molecule has 0 aliphatic heterocycles. The largest absolute Gasteiger partial charge is 0.505 e. The number of carbonyl (C=O) groups is 1. The normalized spacial score (nSPS) is 10.6. The predicted octanol–water partition coefficient (Wildman–Crippen LogP) is 2.27. The Hall–Kier alpha value is -2.10. The van der Waals surface area contributed by atoms with Crippen LogP contribution < -0.4 is 0 Å². The number of benzene rings is 1. The van der Waals surface area contributed by atoms with Crippen LogP contribution >= 0.6 is 0 Å². The Bertz CT molecular complexity index is 578. The summed E-state index contributed by atoms with van der Waals surface area (Å²) in [5.41, 5.74) is 1.47. The van der Waals surface area contributed by atoms with Gasteiger partial charge in [0.2, 0.25) is 0 Å². The van der Waals surface area contributed by atoms with Gasteiger partial charge < -0.3 is 10.2 Å². The molecule has 0 aliphatic rings. The Morgan fingerprint density at radius 2 is 2.12 bits per heavy atom. The van der Waals surface area contributed by atoms with Crippen LogP contribution in [0.5, 0.6) is 5.75 Å². The highest BCUT2D eigenvalue weighted by atomic mass is 16.4. The molecule has 1 heterocycles. The summed E-state index contributed by atoms with van der Waals surface area (Å²) in [6, 6.07) is 5.61. The molecular weight excluding hydrogens is 218 g/mol. The van der Waals surface area contributed by atoms with Crippen molar-refractivity contribution in [1.29, 1.82) is 0 Å². The summed E-state index contributed by atoms with van der Waals surface area (Å²) in [7, 11) is 0. The second-order valence-corrected chi connectivity index (χ2v) is 3.98. The van der Waals surface area contributed by atoms with Crippen molar-refractivity contribution in [2.24, 2.45) is 0 Å². The van der Waals surface area contributed by atoms with Gasteiger partial charge in [-0.2, -0.15) is 0 Å². The van der Waals surface area contributed by atoms with Crippen LogP contribution in [0.4, 0.5) is 0 Å². The van der Waals surface area contributed by atoms with Crippen molar-refractivity contribution in [3.63, 3.8) is 0 Å². The van der Waals surface area contributed by atoms with Gasteiger partial charge in [0.05, 0.1) is 12.1 Å². The third-order valence-corrected chi connectivity index (χ3v) is 2.78. The van der Waals surface area contributed by atoms with E-state index in [4.69, 9.17) is 5.11 Å². The summed E-state index contributed by atoms with van der Waals surface area (Å²) in [5, 5.41) is 20.3. The lowest BCUT2D eigenvalue weighted by Crippen LogP contribution is -2.00. The highest BCUT2D eigenvalue weighted by Crippen LogP contribution is 2.29. The summed E-state index contributed by atoms with van der Waals surface area (Å²) >= 11 is 0. The zero-order valence-electron chi connectivity index (χ0n) is 9.47. The Morgan fingerprint density at radius 1 is 1.35 bits per heavy atom. The van der Waals surface area contributed by atoms with Crippen LogP contribution in [0.25, 0.3) is 10.8 Å².